The molecular formula is C12H20N4O. The molecule has 0 radical (unpaired) electrons. The van der Waals surface area contributed by atoms with E-state index >= 15 is 0 Å². The minimum absolute atomic E-state index is 0.108. The van der Waals surface area contributed by atoms with Gasteiger partial charge in [-0.1, -0.05) is 13.8 Å². The highest BCUT2D eigenvalue weighted by atomic mass is 16.5. The smallest absolute Gasteiger partial charge is 0.218 e. The lowest BCUT2D eigenvalue weighted by molar-refractivity contribution is 0.244. The van der Waals surface area contributed by atoms with E-state index in [0.29, 0.717) is 5.88 Å². The Morgan fingerprint density at radius 3 is 2.88 bits per heavy atom. The van der Waals surface area contributed by atoms with E-state index < -0.39 is 0 Å². The minimum atomic E-state index is 0.108. The first-order chi connectivity index (χ1) is 8.03. The molecule has 1 atom stereocenters. The number of piperidine rings is 1. The lowest BCUT2D eigenvalue weighted by Crippen LogP contribution is -2.52. The molecule has 0 aromatic carbocycles. The Kier molecular flexibility index (Phi) is 3.19. The first kappa shape index (κ1) is 12.1. The summed E-state index contributed by atoms with van der Waals surface area (Å²) in [6.45, 7) is 6.24. The molecule has 1 aromatic rings. The standard InChI is InChI=1S/C12H20N4O/c1-12(2)7-16(5-4-9(12)13)10-6-11(17-3)15-8-14-10/h6,8-9H,4-5,7,13H2,1-3H3. The highest BCUT2D eigenvalue weighted by molar-refractivity contribution is 5.41. The van der Waals surface area contributed by atoms with Gasteiger partial charge in [-0.05, 0) is 11.8 Å². The van der Waals surface area contributed by atoms with Gasteiger partial charge in [0, 0.05) is 25.2 Å². The molecule has 1 aliphatic rings. The number of anilines is 1. The van der Waals surface area contributed by atoms with Crippen LogP contribution in [0.4, 0.5) is 5.82 Å². The summed E-state index contributed by atoms with van der Waals surface area (Å²) in [7, 11) is 1.61. The van der Waals surface area contributed by atoms with Crippen molar-refractivity contribution in [2.24, 2.45) is 11.1 Å². The van der Waals surface area contributed by atoms with Crippen LogP contribution in [0.1, 0.15) is 20.3 Å². The molecule has 5 heteroatoms. The van der Waals surface area contributed by atoms with Crippen LogP contribution in [0.15, 0.2) is 12.4 Å². The molecule has 1 saturated heterocycles. The van der Waals surface area contributed by atoms with E-state index in [1.54, 1.807) is 7.11 Å². The van der Waals surface area contributed by atoms with Crippen molar-refractivity contribution >= 4 is 5.82 Å². The van der Waals surface area contributed by atoms with Gasteiger partial charge in [0.25, 0.3) is 0 Å². The first-order valence-corrected chi connectivity index (χ1v) is 5.89. The van der Waals surface area contributed by atoms with E-state index in [9.17, 15) is 0 Å². The molecule has 1 aromatic heterocycles. The summed E-state index contributed by atoms with van der Waals surface area (Å²) in [4.78, 5) is 10.6. The van der Waals surface area contributed by atoms with Crippen molar-refractivity contribution < 1.29 is 4.74 Å². The molecule has 0 saturated carbocycles. The van der Waals surface area contributed by atoms with Gasteiger partial charge in [-0.15, -0.1) is 0 Å². The van der Waals surface area contributed by atoms with E-state index in [2.05, 4.69) is 28.7 Å². The molecule has 1 fully saturated rings. The fourth-order valence-corrected chi connectivity index (χ4v) is 2.18. The fraction of sp³-hybridized carbons (Fsp3) is 0.667. The predicted molar refractivity (Wildman–Crippen MR) is 67.2 cm³/mol. The van der Waals surface area contributed by atoms with Crippen LogP contribution in [0.25, 0.3) is 0 Å². The van der Waals surface area contributed by atoms with Crippen molar-refractivity contribution in [1.82, 2.24) is 9.97 Å². The average Bonchev–Trinajstić information content (AvgIpc) is 2.32. The topological polar surface area (TPSA) is 64.3 Å². The number of aromatic nitrogens is 2. The van der Waals surface area contributed by atoms with Crippen molar-refractivity contribution in [3.63, 3.8) is 0 Å². The molecule has 2 rings (SSSR count). The quantitative estimate of drug-likeness (QED) is 0.831. The molecule has 17 heavy (non-hydrogen) atoms. The van der Waals surface area contributed by atoms with Gasteiger partial charge in [0.2, 0.25) is 5.88 Å². The van der Waals surface area contributed by atoms with Crippen molar-refractivity contribution in [1.29, 1.82) is 0 Å². The molecule has 0 bridgehead atoms. The fourth-order valence-electron chi connectivity index (χ4n) is 2.18. The van der Waals surface area contributed by atoms with Crippen LogP contribution < -0.4 is 15.4 Å². The molecular weight excluding hydrogens is 216 g/mol. The first-order valence-electron chi connectivity index (χ1n) is 5.89. The Hall–Kier alpha value is -1.36. The third-order valence-corrected chi connectivity index (χ3v) is 3.47. The maximum Gasteiger partial charge on any atom is 0.218 e. The molecule has 0 spiro atoms. The van der Waals surface area contributed by atoms with Crippen molar-refractivity contribution in [2.45, 2.75) is 26.3 Å². The zero-order chi connectivity index (χ0) is 12.5. The normalized spacial score (nSPS) is 23.5. The molecule has 2 heterocycles. The molecule has 5 nitrogen and oxygen atoms in total. The van der Waals surface area contributed by atoms with Crippen LogP contribution in [0.2, 0.25) is 0 Å². The van der Waals surface area contributed by atoms with Crippen LogP contribution in [0.3, 0.4) is 0 Å². The third-order valence-electron chi connectivity index (χ3n) is 3.47. The number of nitrogens with zero attached hydrogens (tertiary/aromatic N) is 3. The van der Waals surface area contributed by atoms with E-state index in [0.717, 1.165) is 25.3 Å². The predicted octanol–water partition coefficient (Wildman–Crippen LogP) is 1.05. The monoisotopic (exact) mass is 236 g/mol. The summed E-state index contributed by atoms with van der Waals surface area (Å²) in [6, 6.07) is 2.12. The van der Waals surface area contributed by atoms with Crippen LogP contribution in [-0.2, 0) is 0 Å². The molecule has 1 unspecified atom stereocenters. The Bertz CT molecular complexity index is 394. The molecule has 0 amide bonds. The van der Waals surface area contributed by atoms with E-state index in [1.807, 2.05) is 6.07 Å². The van der Waals surface area contributed by atoms with Gasteiger partial charge in [0.05, 0.1) is 7.11 Å². The van der Waals surface area contributed by atoms with Gasteiger partial charge in [-0.2, -0.15) is 0 Å². The minimum Gasteiger partial charge on any atom is -0.481 e. The molecule has 94 valence electrons. The zero-order valence-electron chi connectivity index (χ0n) is 10.7. The number of nitrogens with two attached hydrogens (primary N) is 1. The Labute approximate surface area is 102 Å². The Balaban J connectivity index is 2.17. The van der Waals surface area contributed by atoms with E-state index in [1.165, 1.54) is 6.33 Å². The van der Waals surface area contributed by atoms with Gasteiger partial charge >= 0.3 is 0 Å². The zero-order valence-corrected chi connectivity index (χ0v) is 10.7. The molecule has 2 N–H and O–H groups in total. The van der Waals surface area contributed by atoms with Crippen LogP contribution in [-0.4, -0.2) is 36.2 Å². The number of ether oxygens (including phenoxy) is 1. The number of rotatable bonds is 2. The van der Waals surface area contributed by atoms with Gasteiger partial charge in [0.15, 0.2) is 0 Å². The third kappa shape index (κ3) is 2.49. The van der Waals surface area contributed by atoms with Crippen LogP contribution in [0, 0.1) is 5.41 Å². The molecule has 1 aliphatic heterocycles. The van der Waals surface area contributed by atoms with Gasteiger partial charge in [0.1, 0.15) is 12.1 Å². The summed E-state index contributed by atoms with van der Waals surface area (Å²) in [6.07, 6.45) is 2.52. The summed E-state index contributed by atoms with van der Waals surface area (Å²) < 4.78 is 5.12. The highest BCUT2D eigenvalue weighted by Gasteiger charge is 2.33. The average molecular weight is 236 g/mol. The van der Waals surface area contributed by atoms with Crippen molar-refractivity contribution in [3.8, 4) is 5.88 Å². The summed E-state index contributed by atoms with van der Waals surface area (Å²) in [5, 5.41) is 0. The summed E-state index contributed by atoms with van der Waals surface area (Å²) in [5.41, 5.74) is 6.23. The van der Waals surface area contributed by atoms with Crippen molar-refractivity contribution in [2.75, 3.05) is 25.1 Å². The van der Waals surface area contributed by atoms with E-state index in [4.69, 9.17) is 10.5 Å². The summed E-state index contributed by atoms with van der Waals surface area (Å²) >= 11 is 0. The maximum absolute atomic E-state index is 6.12. The van der Waals surface area contributed by atoms with Crippen molar-refractivity contribution in [3.05, 3.63) is 12.4 Å². The second-order valence-electron chi connectivity index (χ2n) is 5.22. The van der Waals surface area contributed by atoms with Gasteiger partial charge in [-0.25, -0.2) is 9.97 Å². The van der Waals surface area contributed by atoms with Crippen LogP contribution >= 0.6 is 0 Å². The summed E-state index contributed by atoms with van der Waals surface area (Å²) in [5.74, 6) is 1.51. The lowest BCUT2D eigenvalue weighted by atomic mass is 9.80. The largest absolute Gasteiger partial charge is 0.481 e. The van der Waals surface area contributed by atoms with E-state index in [-0.39, 0.29) is 11.5 Å². The van der Waals surface area contributed by atoms with Gasteiger partial charge < -0.3 is 15.4 Å². The van der Waals surface area contributed by atoms with Gasteiger partial charge in [-0.3, -0.25) is 0 Å². The SMILES string of the molecule is COc1cc(N2CCC(N)C(C)(C)C2)ncn1. The number of hydrogen-bond acceptors (Lipinski definition) is 5. The Morgan fingerprint density at radius 1 is 1.47 bits per heavy atom. The Morgan fingerprint density at radius 2 is 2.24 bits per heavy atom. The number of hydrogen-bond donors (Lipinski definition) is 1. The van der Waals surface area contributed by atoms with Crippen LogP contribution in [0.5, 0.6) is 5.88 Å². The second-order valence-corrected chi connectivity index (χ2v) is 5.22. The highest BCUT2D eigenvalue weighted by Crippen LogP contribution is 2.30. The second kappa shape index (κ2) is 4.49. The lowest BCUT2D eigenvalue weighted by Gasteiger charge is -2.43. The molecule has 0 aliphatic carbocycles. The number of methoxy groups -OCH3 is 1. The maximum atomic E-state index is 6.12.